The number of benzene rings is 1. The third kappa shape index (κ3) is 5.08. The van der Waals surface area contributed by atoms with Gasteiger partial charge in [0, 0.05) is 19.1 Å². The van der Waals surface area contributed by atoms with Crippen molar-refractivity contribution in [2.45, 2.75) is 0 Å². The monoisotopic (exact) mass is 355 g/mol. The van der Waals surface area contributed by atoms with E-state index in [0.717, 1.165) is 15.9 Å². The van der Waals surface area contributed by atoms with Crippen LogP contribution in [0.2, 0.25) is 5.02 Å². The Morgan fingerprint density at radius 2 is 1.80 bits per heavy atom. The first-order valence-corrected chi connectivity index (χ1v) is 5.79. The van der Waals surface area contributed by atoms with Gasteiger partial charge in [0.05, 0.1) is 5.69 Å². The molecule has 5 heteroatoms. The Morgan fingerprint density at radius 3 is 2.20 bits per heavy atom. The van der Waals surface area contributed by atoms with Gasteiger partial charge < -0.3 is 28.9 Å². The first-order valence-electron chi connectivity index (χ1n) is 4.19. The highest BCUT2D eigenvalue weighted by Crippen LogP contribution is 2.18. The highest BCUT2D eigenvalue weighted by atomic mass is 127. The Balaban J connectivity index is 0.00000196. The number of amidine groups is 1. The minimum absolute atomic E-state index is 0. The lowest BCUT2D eigenvalue weighted by molar-refractivity contribution is -0.00000286. The molecular formula is C10H13ClIN2S-. The first-order chi connectivity index (χ1) is 6.63. The predicted molar refractivity (Wildman–Crippen MR) is 65.7 cm³/mol. The first kappa shape index (κ1) is 15.1. The largest absolute Gasteiger partial charge is 1.00 e. The highest BCUT2D eigenvalue weighted by molar-refractivity contribution is 8.13. The van der Waals surface area contributed by atoms with Crippen LogP contribution in [-0.2, 0) is 0 Å². The molecule has 0 saturated heterocycles. The fraction of sp³-hybridized carbons (Fsp3) is 0.300. The van der Waals surface area contributed by atoms with Crippen molar-refractivity contribution in [2.75, 3.05) is 20.4 Å². The molecule has 1 rings (SSSR count). The lowest BCUT2D eigenvalue weighted by atomic mass is 10.3. The predicted octanol–water partition coefficient (Wildman–Crippen LogP) is 0.256. The zero-order valence-electron chi connectivity index (χ0n) is 8.87. The van der Waals surface area contributed by atoms with Gasteiger partial charge in [0.15, 0.2) is 5.17 Å². The molecule has 1 aromatic rings. The van der Waals surface area contributed by atoms with Crippen molar-refractivity contribution in [3.63, 3.8) is 0 Å². The Bertz CT molecular complexity index is 325. The molecule has 0 fully saturated rings. The van der Waals surface area contributed by atoms with E-state index in [1.807, 2.05) is 49.5 Å². The van der Waals surface area contributed by atoms with Gasteiger partial charge >= 0.3 is 0 Å². The lowest BCUT2D eigenvalue weighted by Gasteiger charge is -2.12. The maximum atomic E-state index is 5.78. The van der Waals surface area contributed by atoms with Gasteiger partial charge in [-0.05, 0) is 30.5 Å². The quantitative estimate of drug-likeness (QED) is 0.408. The van der Waals surface area contributed by atoms with Gasteiger partial charge in [-0.3, -0.25) is 0 Å². The molecule has 0 unspecified atom stereocenters. The van der Waals surface area contributed by atoms with Crippen molar-refractivity contribution < 1.29 is 24.0 Å². The van der Waals surface area contributed by atoms with Gasteiger partial charge in [0.2, 0.25) is 0 Å². The van der Waals surface area contributed by atoms with Crippen LogP contribution in [-0.4, -0.2) is 30.4 Å². The molecule has 0 aliphatic rings. The second kappa shape index (κ2) is 7.35. The summed E-state index contributed by atoms with van der Waals surface area (Å²) in [6, 6.07) is 7.49. The number of thioether (sulfide) groups is 1. The molecule has 0 radical (unpaired) electrons. The van der Waals surface area contributed by atoms with Crippen LogP contribution in [0.1, 0.15) is 0 Å². The van der Waals surface area contributed by atoms with Crippen molar-refractivity contribution in [3.8, 4) is 0 Å². The molecular weight excluding hydrogens is 343 g/mol. The van der Waals surface area contributed by atoms with Gasteiger partial charge in [0.1, 0.15) is 0 Å². The average Bonchev–Trinajstić information content (AvgIpc) is 2.16. The third-order valence-corrected chi connectivity index (χ3v) is 2.69. The molecule has 2 nitrogen and oxygen atoms in total. The summed E-state index contributed by atoms with van der Waals surface area (Å²) >= 11 is 7.40. The summed E-state index contributed by atoms with van der Waals surface area (Å²) in [5, 5.41) is 1.71. The number of halogens is 2. The molecule has 0 bridgehead atoms. The molecule has 0 spiro atoms. The molecule has 84 valence electrons. The average molecular weight is 356 g/mol. The van der Waals surface area contributed by atoms with Gasteiger partial charge in [-0.25, -0.2) is 4.99 Å². The zero-order chi connectivity index (χ0) is 10.6. The van der Waals surface area contributed by atoms with Crippen LogP contribution in [0.4, 0.5) is 5.69 Å². The lowest BCUT2D eigenvalue weighted by Crippen LogP contribution is -3.00. The van der Waals surface area contributed by atoms with E-state index >= 15 is 0 Å². The maximum absolute atomic E-state index is 5.78. The van der Waals surface area contributed by atoms with E-state index in [4.69, 9.17) is 11.6 Å². The van der Waals surface area contributed by atoms with E-state index in [-0.39, 0.29) is 24.0 Å². The summed E-state index contributed by atoms with van der Waals surface area (Å²) in [5.74, 6) is 0. The molecule has 0 saturated carbocycles. The van der Waals surface area contributed by atoms with Crippen LogP contribution in [0.3, 0.4) is 0 Å². The Hall–Kier alpha value is 0.0600. The molecule has 0 heterocycles. The van der Waals surface area contributed by atoms with Crippen LogP contribution >= 0.6 is 23.4 Å². The van der Waals surface area contributed by atoms with E-state index < -0.39 is 0 Å². The van der Waals surface area contributed by atoms with Crippen LogP contribution in [0.15, 0.2) is 29.3 Å². The van der Waals surface area contributed by atoms with Crippen molar-refractivity contribution in [1.82, 2.24) is 4.90 Å². The number of aliphatic imine (C=N–C) groups is 1. The summed E-state index contributed by atoms with van der Waals surface area (Å²) in [7, 11) is 3.95. The molecule has 0 amide bonds. The SMILES string of the molecule is CSC(=Nc1ccc(Cl)cc1)N(C)C.[I-]. The molecule has 15 heavy (non-hydrogen) atoms. The van der Waals surface area contributed by atoms with E-state index in [2.05, 4.69) is 4.99 Å². The minimum atomic E-state index is 0. The molecule has 0 atom stereocenters. The smallest absolute Gasteiger partial charge is 0.163 e. The van der Waals surface area contributed by atoms with Crippen LogP contribution in [0, 0.1) is 0 Å². The standard InChI is InChI=1S/C10H13ClN2S.HI/c1-13(2)10(14-3)12-9-6-4-8(11)5-7-9;/h4-7H,1-3H3;1H/p-1. The molecule has 0 aromatic heterocycles. The summed E-state index contributed by atoms with van der Waals surface area (Å²) < 4.78 is 0. The Labute approximate surface area is 117 Å². The van der Waals surface area contributed by atoms with Crippen molar-refractivity contribution in [1.29, 1.82) is 0 Å². The van der Waals surface area contributed by atoms with E-state index in [1.54, 1.807) is 11.8 Å². The number of hydrogen-bond acceptors (Lipinski definition) is 2. The fourth-order valence-electron chi connectivity index (χ4n) is 0.954. The Morgan fingerprint density at radius 1 is 1.27 bits per heavy atom. The summed E-state index contributed by atoms with van der Waals surface area (Å²) in [6.07, 6.45) is 2.01. The summed E-state index contributed by atoms with van der Waals surface area (Å²) in [4.78, 5) is 6.45. The normalized spacial score (nSPS) is 10.8. The van der Waals surface area contributed by atoms with Gasteiger partial charge in [-0.15, -0.1) is 0 Å². The molecule has 1 aromatic carbocycles. The van der Waals surface area contributed by atoms with Gasteiger partial charge in [-0.2, -0.15) is 0 Å². The van der Waals surface area contributed by atoms with Crippen LogP contribution in [0.25, 0.3) is 0 Å². The fourth-order valence-corrected chi connectivity index (χ4v) is 1.64. The number of rotatable bonds is 1. The van der Waals surface area contributed by atoms with E-state index in [9.17, 15) is 0 Å². The van der Waals surface area contributed by atoms with Crippen molar-refractivity contribution >= 4 is 34.2 Å². The second-order valence-electron chi connectivity index (χ2n) is 2.97. The summed E-state index contributed by atoms with van der Waals surface area (Å²) in [5.41, 5.74) is 0.924. The second-order valence-corrected chi connectivity index (χ2v) is 4.18. The Kier molecular flexibility index (Phi) is 7.38. The highest BCUT2D eigenvalue weighted by Gasteiger charge is 1.99. The topological polar surface area (TPSA) is 15.6 Å². The van der Waals surface area contributed by atoms with Gasteiger partial charge in [-0.1, -0.05) is 23.4 Å². The number of nitrogens with zero attached hydrogens (tertiary/aromatic N) is 2. The van der Waals surface area contributed by atoms with E-state index in [1.165, 1.54) is 0 Å². The third-order valence-electron chi connectivity index (χ3n) is 1.62. The number of hydrogen-bond donors (Lipinski definition) is 0. The molecule has 0 aliphatic carbocycles. The molecule has 0 aliphatic heterocycles. The minimum Gasteiger partial charge on any atom is -1.00 e. The zero-order valence-corrected chi connectivity index (χ0v) is 12.6. The summed E-state index contributed by atoms with van der Waals surface area (Å²) in [6.45, 7) is 0. The maximum Gasteiger partial charge on any atom is 0.163 e. The van der Waals surface area contributed by atoms with Crippen molar-refractivity contribution in [2.24, 2.45) is 4.99 Å². The van der Waals surface area contributed by atoms with Crippen LogP contribution in [0.5, 0.6) is 0 Å². The van der Waals surface area contributed by atoms with E-state index in [0.29, 0.717) is 0 Å². The van der Waals surface area contributed by atoms with Gasteiger partial charge in [0.25, 0.3) is 0 Å². The van der Waals surface area contributed by atoms with Crippen LogP contribution < -0.4 is 24.0 Å². The van der Waals surface area contributed by atoms with Crippen molar-refractivity contribution in [3.05, 3.63) is 29.3 Å². The molecule has 0 N–H and O–H groups in total.